The molecule has 26 heavy (non-hydrogen) atoms. The van der Waals surface area contributed by atoms with Crippen molar-refractivity contribution in [1.29, 1.82) is 5.26 Å². The smallest absolute Gasteiger partial charge is 0.245 e. The number of aromatic nitrogens is 1. The van der Waals surface area contributed by atoms with Crippen LogP contribution in [0.3, 0.4) is 0 Å². The Labute approximate surface area is 154 Å². The number of hydrogen-bond donors (Lipinski definition) is 0. The third-order valence-corrected chi connectivity index (χ3v) is 5.78. The monoisotopic (exact) mass is 352 g/mol. The number of carbonyl (C=O) groups is 1. The van der Waals surface area contributed by atoms with Gasteiger partial charge in [-0.1, -0.05) is 6.58 Å². The molecule has 2 saturated heterocycles. The van der Waals surface area contributed by atoms with Crippen LogP contribution in [0.2, 0.25) is 0 Å². The number of ether oxygens (including phenoxy) is 1. The van der Waals surface area contributed by atoms with Gasteiger partial charge in [0.15, 0.2) is 0 Å². The molecule has 6 heteroatoms. The number of fused-ring (bicyclic) bond motifs is 1. The Morgan fingerprint density at radius 3 is 2.88 bits per heavy atom. The molecule has 1 aromatic rings. The molecule has 3 aliphatic heterocycles. The lowest BCUT2D eigenvalue weighted by Gasteiger charge is -2.47. The summed E-state index contributed by atoms with van der Waals surface area (Å²) >= 11 is 0. The van der Waals surface area contributed by atoms with Crippen molar-refractivity contribution in [2.45, 2.75) is 38.9 Å². The first-order valence-electron chi connectivity index (χ1n) is 9.08. The molecule has 1 spiro atoms. The van der Waals surface area contributed by atoms with Crippen molar-refractivity contribution in [2.75, 3.05) is 31.1 Å². The van der Waals surface area contributed by atoms with Crippen LogP contribution in [0.5, 0.6) is 0 Å². The van der Waals surface area contributed by atoms with E-state index in [2.05, 4.69) is 31.4 Å². The third kappa shape index (κ3) is 2.77. The summed E-state index contributed by atoms with van der Waals surface area (Å²) in [7, 11) is 0. The van der Waals surface area contributed by atoms with E-state index >= 15 is 0 Å². The zero-order valence-electron chi connectivity index (χ0n) is 15.4. The number of hydrogen-bond acceptors (Lipinski definition) is 5. The number of nitriles is 1. The molecular weight excluding hydrogens is 328 g/mol. The summed E-state index contributed by atoms with van der Waals surface area (Å²) in [5, 5.41) is 9.61. The molecule has 4 heterocycles. The predicted octanol–water partition coefficient (Wildman–Crippen LogP) is 2.03. The molecule has 136 valence electrons. The van der Waals surface area contributed by atoms with Crippen molar-refractivity contribution in [3.63, 3.8) is 0 Å². The normalized spacial score (nSPS) is 22.5. The molecule has 6 nitrogen and oxygen atoms in total. The average Bonchev–Trinajstić information content (AvgIpc) is 3.03. The predicted molar refractivity (Wildman–Crippen MR) is 97.6 cm³/mol. The molecule has 1 amide bonds. The summed E-state index contributed by atoms with van der Waals surface area (Å²) in [5.74, 6) is 0.787. The molecule has 3 aliphatic rings. The topological polar surface area (TPSA) is 69.5 Å². The minimum absolute atomic E-state index is 0.000857. The molecule has 1 aromatic heterocycles. The number of carbonyl (C=O) groups excluding carboxylic acids is 1. The third-order valence-electron chi connectivity index (χ3n) is 5.78. The first-order valence-corrected chi connectivity index (χ1v) is 9.08. The van der Waals surface area contributed by atoms with Crippen LogP contribution >= 0.6 is 0 Å². The fraction of sp³-hybridized carbons (Fsp3) is 0.550. The maximum atomic E-state index is 11.7. The van der Waals surface area contributed by atoms with Crippen molar-refractivity contribution >= 4 is 11.7 Å². The minimum atomic E-state index is -0.225. The number of amides is 1. The summed E-state index contributed by atoms with van der Waals surface area (Å²) in [6.07, 6.45) is 3.15. The fourth-order valence-electron chi connectivity index (χ4n) is 4.33. The zero-order valence-corrected chi connectivity index (χ0v) is 15.4. The van der Waals surface area contributed by atoms with Gasteiger partial charge in [0.05, 0.1) is 23.5 Å². The van der Waals surface area contributed by atoms with Crippen molar-refractivity contribution in [3.05, 3.63) is 35.5 Å². The van der Waals surface area contributed by atoms with E-state index in [1.165, 1.54) is 6.08 Å². The van der Waals surface area contributed by atoms with Crippen molar-refractivity contribution in [3.8, 4) is 6.07 Å². The van der Waals surface area contributed by atoms with Gasteiger partial charge >= 0.3 is 0 Å². The largest absolute Gasteiger partial charge is 0.370 e. The van der Waals surface area contributed by atoms with Gasteiger partial charge in [0.2, 0.25) is 5.91 Å². The van der Waals surface area contributed by atoms with Gasteiger partial charge in [-0.15, -0.1) is 0 Å². The average molecular weight is 352 g/mol. The van der Waals surface area contributed by atoms with Gasteiger partial charge in [0, 0.05) is 43.6 Å². The van der Waals surface area contributed by atoms with E-state index < -0.39 is 0 Å². The van der Waals surface area contributed by atoms with Crippen LogP contribution in [0, 0.1) is 16.7 Å². The van der Waals surface area contributed by atoms with Crippen LogP contribution in [0.1, 0.15) is 37.1 Å². The lowest BCUT2D eigenvalue weighted by atomic mass is 9.79. The highest BCUT2D eigenvalue weighted by molar-refractivity contribution is 5.87. The van der Waals surface area contributed by atoms with Gasteiger partial charge < -0.3 is 14.5 Å². The Hall–Kier alpha value is -2.39. The Bertz CT molecular complexity index is 818. The first-order chi connectivity index (χ1) is 12.3. The number of anilines is 1. The van der Waals surface area contributed by atoms with Gasteiger partial charge in [0.25, 0.3) is 0 Å². The van der Waals surface area contributed by atoms with Crippen molar-refractivity contribution in [1.82, 2.24) is 9.88 Å². The molecule has 4 rings (SSSR count). The van der Waals surface area contributed by atoms with E-state index in [0.717, 1.165) is 56.1 Å². The molecule has 0 bridgehead atoms. The summed E-state index contributed by atoms with van der Waals surface area (Å²) < 4.78 is 5.85. The summed E-state index contributed by atoms with van der Waals surface area (Å²) in [4.78, 5) is 20.7. The molecule has 2 fully saturated rings. The van der Waals surface area contributed by atoms with Gasteiger partial charge in [-0.25, -0.2) is 4.98 Å². The first kappa shape index (κ1) is 17.0. The summed E-state index contributed by atoms with van der Waals surface area (Å²) in [5.41, 5.74) is 2.57. The molecule has 0 N–H and O–H groups in total. The SMILES string of the molecule is C=CC(=O)N1CC2(CCN(c3nc4c(cc3C#N)COC(C)(C)C4)C2)C1. The highest BCUT2D eigenvalue weighted by Crippen LogP contribution is 2.42. The van der Waals surface area contributed by atoms with Gasteiger partial charge in [-0.05, 0) is 32.4 Å². The molecule has 0 aromatic carbocycles. The Balaban J connectivity index is 1.56. The maximum absolute atomic E-state index is 11.7. The number of rotatable bonds is 2. The van der Waals surface area contributed by atoms with Crippen LogP contribution < -0.4 is 4.90 Å². The fourth-order valence-corrected chi connectivity index (χ4v) is 4.33. The maximum Gasteiger partial charge on any atom is 0.245 e. The number of nitrogens with zero attached hydrogens (tertiary/aromatic N) is 4. The van der Waals surface area contributed by atoms with Gasteiger partial charge in [-0.3, -0.25) is 4.79 Å². The lowest BCUT2D eigenvalue weighted by Crippen LogP contribution is -2.59. The van der Waals surface area contributed by atoms with E-state index in [1.54, 1.807) is 0 Å². The second-order valence-electron chi connectivity index (χ2n) is 8.37. The van der Waals surface area contributed by atoms with Crippen LogP contribution in [0.4, 0.5) is 5.82 Å². The standard InChI is InChI=1S/C20H24N4O2/c1-4-17(25)24-12-20(13-24)5-6-23(11-20)18-14(9-21)7-15-10-26-19(2,3)8-16(15)22-18/h4,7H,1,5-6,8,10-13H2,2-3H3. The van der Waals surface area contributed by atoms with Crippen LogP contribution in [0.15, 0.2) is 18.7 Å². The van der Waals surface area contributed by atoms with Gasteiger partial charge in [0.1, 0.15) is 11.9 Å². The molecule has 0 aliphatic carbocycles. The Morgan fingerprint density at radius 2 is 2.19 bits per heavy atom. The summed E-state index contributed by atoms with van der Waals surface area (Å²) in [6, 6.07) is 4.24. The van der Waals surface area contributed by atoms with Crippen LogP contribution in [-0.4, -0.2) is 47.6 Å². The van der Waals surface area contributed by atoms with Gasteiger partial charge in [-0.2, -0.15) is 5.26 Å². The van der Waals surface area contributed by atoms with E-state index in [9.17, 15) is 10.1 Å². The second kappa shape index (κ2) is 5.82. The molecule has 0 saturated carbocycles. The number of pyridine rings is 1. The van der Waals surface area contributed by atoms with E-state index in [-0.39, 0.29) is 16.9 Å². The zero-order chi connectivity index (χ0) is 18.5. The molecule has 0 radical (unpaired) electrons. The highest BCUT2D eigenvalue weighted by Gasteiger charge is 2.49. The second-order valence-corrected chi connectivity index (χ2v) is 8.37. The molecular formula is C20H24N4O2. The molecule has 0 atom stereocenters. The van der Waals surface area contributed by atoms with E-state index in [0.29, 0.717) is 12.2 Å². The van der Waals surface area contributed by atoms with Crippen LogP contribution in [-0.2, 0) is 22.6 Å². The lowest BCUT2D eigenvalue weighted by molar-refractivity contribution is -0.136. The van der Waals surface area contributed by atoms with E-state index in [1.807, 2.05) is 11.0 Å². The quantitative estimate of drug-likeness (QED) is 0.762. The summed E-state index contributed by atoms with van der Waals surface area (Å²) in [6.45, 7) is 11.4. The number of likely N-dealkylation sites (tertiary alicyclic amines) is 1. The van der Waals surface area contributed by atoms with Crippen molar-refractivity contribution < 1.29 is 9.53 Å². The highest BCUT2D eigenvalue weighted by atomic mass is 16.5. The van der Waals surface area contributed by atoms with E-state index in [4.69, 9.17) is 9.72 Å². The Kier molecular flexibility index (Phi) is 3.81. The minimum Gasteiger partial charge on any atom is -0.370 e. The Morgan fingerprint density at radius 1 is 1.42 bits per heavy atom. The van der Waals surface area contributed by atoms with Crippen molar-refractivity contribution in [2.24, 2.45) is 5.41 Å². The molecule has 0 unspecified atom stereocenters. The van der Waals surface area contributed by atoms with Crippen LogP contribution in [0.25, 0.3) is 0 Å².